The van der Waals surface area contributed by atoms with Crippen LogP contribution in [0.3, 0.4) is 0 Å². The van der Waals surface area contributed by atoms with Crippen LogP contribution in [0.5, 0.6) is 0 Å². The normalized spacial score (nSPS) is 12.1. The fraction of sp³-hybridized carbons (Fsp3) is 0.571. The van der Waals surface area contributed by atoms with Crippen molar-refractivity contribution in [2.45, 2.75) is 13.8 Å². The molecule has 0 aliphatic carbocycles. The summed E-state index contributed by atoms with van der Waals surface area (Å²) in [5.74, 6) is 0. The monoisotopic (exact) mass is 143 g/mol. The molecule has 0 aliphatic rings. The topological polar surface area (TPSA) is 30.8 Å². The van der Waals surface area contributed by atoms with Crippen molar-refractivity contribution < 1.29 is 9.57 Å². The number of rotatable bonds is 4. The van der Waals surface area contributed by atoms with E-state index in [2.05, 4.69) is 9.99 Å². The van der Waals surface area contributed by atoms with E-state index < -0.39 is 0 Å². The molecule has 0 heterocycles. The van der Waals surface area contributed by atoms with Crippen molar-refractivity contribution in [1.82, 2.24) is 0 Å². The van der Waals surface area contributed by atoms with Gasteiger partial charge in [0.05, 0.1) is 19.1 Å². The number of ether oxygens (including phenoxy) is 1. The summed E-state index contributed by atoms with van der Waals surface area (Å²) >= 11 is 0. The Labute approximate surface area is 61.3 Å². The molecule has 0 radical (unpaired) electrons. The molecule has 0 N–H and O–H groups in total. The van der Waals surface area contributed by atoms with Crippen LogP contribution < -0.4 is 0 Å². The Morgan fingerprint density at radius 3 is 2.80 bits per heavy atom. The second kappa shape index (κ2) is 6.13. The van der Waals surface area contributed by atoms with Gasteiger partial charge in [-0.15, -0.1) is 0 Å². The summed E-state index contributed by atoms with van der Waals surface area (Å²) in [5.41, 5.74) is 0.934. The van der Waals surface area contributed by atoms with Crippen molar-refractivity contribution in [1.29, 1.82) is 0 Å². The Bertz CT molecular complexity index is 130. The summed E-state index contributed by atoms with van der Waals surface area (Å²) in [4.78, 5) is 4.47. The maximum Gasteiger partial charge on any atom is 0.106 e. The minimum Gasteiger partial charge on any atom is -0.501 e. The lowest BCUT2D eigenvalue weighted by Gasteiger charge is -1.93. The van der Waals surface area contributed by atoms with Crippen molar-refractivity contribution in [3.05, 3.63) is 11.8 Å². The van der Waals surface area contributed by atoms with E-state index in [9.17, 15) is 0 Å². The zero-order valence-electron chi connectivity index (χ0n) is 6.63. The molecular formula is C7H13NO2. The van der Waals surface area contributed by atoms with Crippen LogP contribution in [-0.4, -0.2) is 19.9 Å². The zero-order valence-corrected chi connectivity index (χ0v) is 6.63. The van der Waals surface area contributed by atoms with Gasteiger partial charge in [0.1, 0.15) is 7.11 Å². The zero-order chi connectivity index (χ0) is 7.82. The number of allylic oxidation sites excluding steroid dienone is 1. The predicted molar refractivity (Wildman–Crippen MR) is 40.9 cm³/mol. The van der Waals surface area contributed by atoms with Gasteiger partial charge in [-0.1, -0.05) is 5.16 Å². The predicted octanol–water partition coefficient (Wildman–Crippen LogP) is 1.56. The lowest BCUT2D eigenvalue weighted by molar-refractivity contribution is 0.215. The Kier molecular flexibility index (Phi) is 5.53. The fourth-order valence-corrected chi connectivity index (χ4v) is 0.381. The average Bonchev–Trinajstić information content (AvgIpc) is 1.97. The average molecular weight is 143 g/mol. The Balaban J connectivity index is 3.59. The molecule has 0 aromatic rings. The van der Waals surface area contributed by atoms with Crippen LogP contribution >= 0.6 is 0 Å². The van der Waals surface area contributed by atoms with Gasteiger partial charge < -0.3 is 9.57 Å². The molecule has 0 spiro atoms. The summed E-state index contributed by atoms with van der Waals surface area (Å²) in [5, 5.41) is 3.55. The van der Waals surface area contributed by atoms with Crippen molar-refractivity contribution in [3.8, 4) is 0 Å². The van der Waals surface area contributed by atoms with E-state index in [1.807, 2.05) is 13.8 Å². The molecular weight excluding hydrogens is 130 g/mol. The van der Waals surface area contributed by atoms with Gasteiger partial charge in [0.15, 0.2) is 0 Å². The third-order valence-corrected chi connectivity index (χ3v) is 0.798. The van der Waals surface area contributed by atoms with Crippen LogP contribution in [0.2, 0.25) is 0 Å². The molecule has 0 aromatic carbocycles. The van der Waals surface area contributed by atoms with Crippen molar-refractivity contribution in [2.75, 3.05) is 13.7 Å². The Morgan fingerprint density at radius 2 is 2.30 bits per heavy atom. The first-order valence-corrected chi connectivity index (χ1v) is 3.16. The number of hydrogen-bond donors (Lipinski definition) is 0. The van der Waals surface area contributed by atoms with Gasteiger partial charge in [0, 0.05) is 5.57 Å². The highest BCUT2D eigenvalue weighted by Gasteiger charge is 1.80. The third-order valence-electron chi connectivity index (χ3n) is 0.798. The van der Waals surface area contributed by atoms with E-state index in [0.717, 1.165) is 5.57 Å². The molecule has 0 saturated heterocycles. The maximum atomic E-state index is 4.98. The second-order valence-corrected chi connectivity index (χ2v) is 1.73. The van der Waals surface area contributed by atoms with Gasteiger partial charge in [0.25, 0.3) is 0 Å². The molecule has 0 bridgehead atoms. The minimum absolute atomic E-state index is 0.679. The van der Waals surface area contributed by atoms with Crippen molar-refractivity contribution in [2.24, 2.45) is 5.16 Å². The molecule has 0 unspecified atom stereocenters. The van der Waals surface area contributed by atoms with Crippen molar-refractivity contribution in [3.63, 3.8) is 0 Å². The molecule has 0 aliphatic heterocycles. The standard InChI is InChI=1S/C7H13NO2/c1-4-10-6-7(2)5-8-9-3/h5-6H,4H2,1-3H3/b7-6+,8-5+. The molecule has 3 nitrogen and oxygen atoms in total. The van der Waals surface area contributed by atoms with Crippen LogP contribution in [0.1, 0.15) is 13.8 Å². The van der Waals surface area contributed by atoms with E-state index in [4.69, 9.17) is 4.74 Å². The molecule has 0 amide bonds. The molecule has 0 fully saturated rings. The highest BCUT2D eigenvalue weighted by atomic mass is 16.6. The Morgan fingerprint density at radius 1 is 1.60 bits per heavy atom. The minimum atomic E-state index is 0.679. The number of oxime groups is 1. The number of nitrogens with zero attached hydrogens (tertiary/aromatic N) is 1. The molecule has 0 saturated carbocycles. The fourth-order valence-electron chi connectivity index (χ4n) is 0.381. The molecule has 0 atom stereocenters. The summed E-state index contributed by atoms with van der Waals surface area (Å²) in [6, 6.07) is 0. The smallest absolute Gasteiger partial charge is 0.106 e. The molecule has 10 heavy (non-hydrogen) atoms. The van der Waals surface area contributed by atoms with Crippen LogP contribution in [0, 0.1) is 0 Å². The van der Waals surface area contributed by atoms with E-state index in [-0.39, 0.29) is 0 Å². The quantitative estimate of drug-likeness (QED) is 0.339. The van der Waals surface area contributed by atoms with E-state index >= 15 is 0 Å². The Hall–Kier alpha value is -0.990. The van der Waals surface area contributed by atoms with E-state index in [1.165, 1.54) is 7.11 Å². The largest absolute Gasteiger partial charge is 0.501 e. The van der Waals surface area contributed by atoms with Crippen LogP contribution in [0.15, 0.2) is 17.0 Å². The van der Waals surface area contributed by atoms with Gasteiger partial charge in [-0.25, -0.2) is 0 Å². The van der Waals surface area contributed by atoms with Gasteiger partial charge in [-0.05, 0) is 13.8 Å². The van der Waals surface area contributed by atoms with Gasteiger partial charge in [0.2, 0.25) is 0 Å². The second-order valence-electron chi connectivity index (χ2n) is 1.73. The summed E-state index contributed by atoms with van der Waals surface area (Å²) in [7, 11) is 1.50. The lowest BCUT2D eigenvalue weighted by Crippen LogP contribution is -1.83. The summed E-state index contributed by atoms with van der Waals surface area (Å²) < 4.78 is 4.98. The highest BCUT2D eigenvalue weighted by molar-refractivity contribution is 5.76. The van der Waals surface area contributed by atoms with E-state index in [0.29, 0.717) is 6.61 Å². The maximum absolute atomic E-state index is 4.98. The van der Waals surface area contributed by atoms with Gasteiger partial charge in [-0.2, -0.15) is 0 Å². The lowest BCUT2D eigenvalue weighted by atomic mass is 10.4. The summed E-state index contributed by atoms with van der Waals surface area (Å²) in [6.45, 7) is 4.49. The molecule has 0 aromatic heterocycles. The SMILES string of the molecule is CCO/C=C(C)/C=N/OC. The van der Waals surface area contributed by atoms with Crippen LogP contribution in [-0.2, 0) is 9.57 Å². The third kappa shape index (κ3) is 5.15. The first-order valence-electron chi connectivity index (χ1n) is 3.16. The van der Waals surface area contributed by atoms with Gasteiger partial charge in [-0.3, -0.25) is 0 Å². The first kappa shape index (κ1) is 9.01. The van der Waals surface area contributed by atoms with Crippen LogP contribution in [0.4, 0.5) is 0 Å². The summed E-state index contributed by atoms with van der Waals surface area (Å²) in [6.07, 6.45) is 3.23. The highest BCUT2D eigenvalue weighted by Crippen LogP contribution is 1.88. The van der Waals surface area contributed by atoms with Crippen molar-refractivity contribution >= 4 is 6.21 Å². The number of hydrogen-bond acceptors (Lipinski definition) is 3. The molecule has 3 heteroatoms. The molecule has 58 valence electrons. The van der Waals surface area contributed by atoms with Crippen LogP contribution in [0.25, 0.3) is 0 Å². The van der Waals surface area contributed by atoms with Gasteiger partial charge >= 0.3 is 0 Å². The molecule has 0 rings (SSSR count). The first-order chi connectivity index (χ1) is 4.81. The van der Waals surface area contributed by atoms with E-state index in [1.54, 1.807) is 12.5 Å².